The van der Waals surface area contributed by atoms with Crippen LogP contribution in [0.5, 0.6) is 0 Å². The largest absolute Gasteiger partial charge is 0.351 e. The maximum Gasteiger partial charge on any atom is 0.351 e. The van der Waals surface area contributed by atoms with Gasteiger partial charge >= 0.3 is 7.60 Å². The number of aryl methyl sites for hydroxylation is 1. The molecule has 18 heavy (non-hydrogen) atoms. The van der Waals surface area contributed by atoms with Crippen molar-refractivity contribution >= 4 is 7.60 Å². The predicted molar refractivity (Wildman–Crippen MR) is 68.9 cm³/mol. The zero-order valence-electron chi connectivity index (χ0n) is 10.9. The topological polar surface area (TPSA) is 61.5 Å². The molecule has 0 amide bonds. The lowest BCUT2D eigenvalue weighted by molar-refractivity contribution is 0.212. The van der Waals surface area contributed by atoms with Gasteiger partial charge in [-0.2, -0.15) is 0 Å². The molecule has 1 atom stereocenters. The molecular formula is C12H19FNO3P. The summed E-state index contributed by atoms with van der Waals surface area (Å²) in [6, 6.07) is 4.57. The highest BCUT2D eigenvalue weighted by atomic mass is 31.2. The van der Waals surface area contributed by atoms with E-state index in [2.05, 4.69) is 0 Å². The van der Waals surface area contributed by atoms with Gasteiger partial charge in [0, 0.05) is 5.56 Å². The highest BCUT2D eigenvalue weighted by Crippen LogP contribution is 2.58. The Kier molecular flexibility index (Phi) is 5.47. The van der Waals surface area contributed by atoms with E-state index in [1.807, 2.05) is 0 Å². The summed E-state index contributed by atoms with van der Waals surface area (Å²) in [5.74, 6) is -1.61. The van der Waals surface area contributed by atoms with E-state index in [0.29, 0.717) is 0 Å². The molecule has 4 nitrogen and oxygen atoms in total. The molecule has 0 aliphatic heterocycles. The molecule has 0 bridgehead atoms. The molecule has 0 aliphatic rings. The molecular weight excluding hydrogens is 256 g/mol. The molecule has 2 N–H and O–H groups in total. The second kappa shape index (κ2) is 6.43. The van der Waals surface area contributed by atoms with Gasteiger partial charge in [0.25, 0.3) is 0 Å². The van der Waals surface area contributed by atoms with Crippen LogP contribution >= 0.6 is 7.60 Å². The van der Waals surface area contributed by atoms with Crippen LogP contribution in [0, 0.1) is 12.7 Å². The SMILES string of the molecule is CCOP(=O)(OCC)[C@H](N)c1ccc(C)cc1F. The van der Waals surface area contributed by atoms with Gasteiger partial charge in [-0.3, -0.25) is 4.57 Å². The van der Waals surface area contributed by atoms with Gasteiger partial charge in [-0.1, -0.05) is 12.1 Å². The lowest BCUT2D eigenvalue weighted by atomic mass is 10.1. The minimum Gasteiger partial charge on any atom is -0.314 e. The Morgan fingerprint density at radius 1 is 1.33 bits per heavy atom. The Morgan fingerprint density at radius 3 is 2.33 bits per heavy atom. The van der Waals surface area contributed by atoms with Crippen LogP contribution in [0.1, 0.15) is 30.8 Å². The average molecular weight is 275 g/mol. The summed E-state index contributed by atoms with van der Waals surface area (Å²) in [6.45, 7) is 5.52. The third-order valence-corrected chi connectivity index (χ3v) is 4.63. The number of rotatable bonds is 6. The molecule has 0 spiro atoms. The first-order valence-corrected chi connectivity index (χ1v) is 7.46. The Labute approximate surface area is 107 Å². The molecule has 0 fully saturated rings. The highest BCUT2D eigenvalue weighted by molar-refractivity contribution is 7.54. The number of halogens is 1. The van der Waals surface area contributed by atoms with Crippen molar-refractivity contribution in [3.8, 4) is 0 Å². The first kappa shape index (κ1) is 15.3. The van der Waals surface area contributed by atoms with Crippen molar-refractivity contribution < 1.29 is 18.0 Å². The van der Waals surface area contributed by atoms with Crippen molar-refractivity contribution in [1.82, 2.24) is 0 Å². The fraction of sp³-hybridized carbons (Fsp3) is 0.500. The van der Waals surface area contributed by atoms with Crippen molar-refractivity contribution in [3.05, 3.63) is 35.1 Å². The van der Waals surface area contributed by atoms with Crippen LogP contribution in [0.15, 0.2) is 18.2 Å². The van der Waals surface area contributed by atoms with Gasteiger partial charge < -0.3 is 14.8 Å². The van der Waals surface area contributed by atoms with Crippen LogP contribution < -0.4 is 5.73 Å². The maximum absolute atomic E-state index is 13.8. The van der Waals surface area contributed by atoms with E-state index in [4.69, 9.17) is 14.8 Å². The molecule has 1 rings (SSSR count). The standard InChI is InChI=1S/C12H19FNO3P/c1-4-16-18(15,17-5-2)12(14)10-7-6-9(3)8-11(10)13/h6-8,12H,4-5,14H2,1-3H3/t12-/m0/s1. The Hall–Kier alpha value is -0.740. The minimum absolute atomic E-state index is 0.144. The van der Waals surface area contributed by atoms with Gasteiger partial charge in [-0.15, -0.1) is 0 Å². The lowest BCUT2D eigenvalue weighted by Gasteiger charge is -2.23. The molecule has 0 heterocycles. The van der Waals surface area contributed by atoms with Crippen molar-refractivity contribution in [3.63, 3.8) is 0 Å². The summed E-state index contributed by atoms with van der Waals surface area (Å²) in [4.78, 5) is 0. The summed E-state index contributed by atoms with van der Waals surface area (Å²) in [6.07, 6.45) is 0. The molecule has 0 saturated carbocycles. The van der Waals surface area contributed by atoms with Crippen LogP contribution in [0.25, 0.3) is 0 Å². The third-order valence-electron chi connectivity index (χ3n) is 2.43. The second-order valence-electron chi connectivity index (χ2n) is 3.85. The highest BCUT2D eigenvalue weighted by Gasteiger charge is 2.35. The monoisotopic (exact) mass is 275 g/mol. The third kappa shape index (κ3) is 3.39. The molecule has 0 saturated heterocycles. The van der Waals surface area contributed by atoms with Crippen LogP contribution in [0.4, 0.5) is 4.39 Å². The van der Waals surface area contributed by atoms with E-state index in [9.17, 15) is 8.96 Å². The first-order chi connectivity index (χ1) is 8.44. The van der Waals surface area contributed by atoms with Crippen LogP contribution in [-0.2, 0) is 13.6 Å². The quantitative estimate of drug-likeness (QED) is 0.809. The molecule has 0 aromatic heterocycles. The first-order valence-electron chi connectivity index (χ1n) is 5.85. The van der Waals surface area contributed by atoms with Crippen molar-refractivity contribution in [1.29, 1.82) is 0 Å². The van der Waals surface area contributed by atoms with Gasteiger partial charge in [0.1, 0.15) is 11.6 Å². The number of hydrogen-bond donors (Lipinski definition) is 1. The Morgan fingerprint density at radius 2 is 1.89 bits per heavy atom. The van der Waals surface area contributed by atoms with E-state index in [1.165, 1.54) is 12.1 Å². The molecule has 0 radical (unpaired) electrons. The van der Waals surface area contributed by atoms with Crippen LogP contribution in [-0.4, -0.2) is 13.2 Å². The molecule has 1 aromatic rings. The zero-order chi connectivity index (χ0) is 13.8. The van der Waals surface area contributed by atoms with Crippen molar-refractivity contribution in [2.45, 2.75) is 26.6 Å². The minimum atomic E-state index is -3.54. The normalized spacial score (nSPS) is 13.6. The van der Waals surface area contributed by atoms with Crippen molar-refractivity contribution in [2.24, 2.45) is 5.73 Å². The summed E-state index contributed by atoms with van der Waals surface area (Å²) in [5.41, 5.74) is 6.76. The molecule has 0 aliphatic carbocycles. The van der Waals surface area contributed by atoms with E-state index in [0.717, 1.165) is 5.56 Å². The van der Waals surface area contributed by atoms with Crippen LogP contribution in [0.2, 0.25) is 0 Å². The second-order valence-corrected chi connectivity index (χ2v) is 6.00. The van der Waals surface area contributed by atoms with Crippen molar-refractivity contribution in [2.75, 3.05) is 13.2 Å². The number of hydrogen-bond acceptors (Lipinski definition) is 4. The van der Waals surface area contributed by atoms with E-state index in [-0.39, 0.29) is 18.8 Å². The Balaban J connectivity index is 3.09. The smallest absolute Gasteiger partial charge is 0.314 e. The average Bonchev–Trinajstić information content (AvgIpc) is 2.29. The van der Waals surface area contributed by atoms with Gasteiger partial charge in [0.05, 0.1) is 13.2 Å². The molecule has 102 valence electrons. The van der Waals surface area contributed by atoms with Gasteiger partial charge in [-0.25, -0.2) is 4.39 Å². The summed E-state index contributed by atoms with van der Waals surface area (Å²) in [5, 5.41) is 0. The number of nitrogens with two attached hydrogens (primary N) is 1. The van der Waals surface area contributed by atoms with E-state index in [1.54, 1.807) is 26.8 Å². The maximum atomic E-state index is 13.8. The summed E-state index contributed by atoms with van der Waals surface area (Å²) < 4.78 is 36.4. The van der Waals surface area contributed by atoms with E-state index < -0.39 is 19.2 Å². The van der Waals surface area contributed by atoms with Crippen LogP contribution in [0.3, 0.4) is 0 Å². The number of benzene rings is 1. The Bertz CT molecular complexity index is 443. The lowest BCUT2D eigenvalue weighted by Crippen LogP contribution is -2.16. The van der Waals surface area contributed by atoms with Gasteiger partial charge in [0.15, 0.2) is 0 Å². The fourth-order valence-electron chi connectivity index (χ4n) is 1.60. The zero-order valence-corrected chi connectivity index (χ0v) is 11.7. The summed E-state index contributed by atoms with van der Waals surface area (Å²) >= 11 is 0. The van der Waals surface area contributed by atoms with Gasteiger partial charge in [0.2, 0.25) is 0 Å². The van der Waals surface area contributed by atoms with Gasteiger partial charge in [-0.05, 0) is 32.4 Å². The molecule has 1 aromatic carbocycles. The fourth-order valence-corrected chi connectivity index (χ4v) is 3.27. The molecule has 0 unspecified atom stereocenters. The molecule has 6 heteroatoms. The van der Waals surface area contributed by atoms with E-state index >= 15 is 0 Å². The summed E-state index contributed by atoms with van der Waals surface area (Å²) in [7, 11) is -3.54. The predicted octanol–water partition coefficient (Wildman–Crippen LogP) is 3.36.